The lowest BCUT2D eigenvalue weighted by atomic mass is 10.2. The third kappa shape index (κ3) is 4.89. The first-order chi connectivity index (χ1) is 9.45. The summed E-state index contributed by atoms with van der Waals surface area (Å²) in [7, 11) is 3.57. The fourth-order valence-electron chi connectivity index (χ4n) is 1.85. The van der Waals surface area contributed by atoms with E-state index >= 15 is 0 Å². The van der Waals surface area contributed by atoms with E-state index in [1.54, 1.807) is 6.07 Å². The lowest BCUT2D eigenvalue weighted by Crippen LogP contribution is -2.27. The van der Waals surface area contributed by atoms with Crippen LogP contribution in [0.4, 0.5) is 15.8 Å². The minimum Gasteiger partial charge on any atom is -0.494 e. The molecule has 0 aliphatic carbocycles. The van der Waals surface area contributed by atoms with Crippen LogP contribution in [0.2, 0.25) is 0 Å². The summed E-state index contributed by atoms with van der Waals surface area (Å²) in [6, 6.07) is 3.46. The number of hydrogen-bond acceptors (Lipinski definition) is 4. The van der Waals surface area contributed by atoms with Gasteiger partial charge in [0.25, 0.3) is 0 Å². The summed E-state index contributed by atoms with van der Waals surface area (Å²) < 4.78 is 18.3. The molecule has 0 aliphatic heterocycles. The van der Waals surface area contributed by atoms with Crippen molar-refractivity contribution in [2.24, 2.45) is 0 Å². The predicted octanol–water partition coefficient (Wildman–Crippen LogP) is 2.95. The van der Waals surface area contributed by atoms with Gasteiger partial charge in [0.1, 0.15) is 0 Å². The maximum atomic E-state index is 13.4. The zero-order chi connectivity index (χ0) is 15.1. The highest BCUT2D eigenvalue weighted by atomic mass is 19.1. The first kappa shape index (κ1) is 16.6. The highest BCUT2D eigenvalue weighted by Gasteiger charge is 2.08. The number of halogens is 1. The minimum absolute atomic E-state index is 0.209. The van der Waals surface area contributed by atoms with Crippen LogP contribution in [0, 0.1) is 5.82 Å². The average molecular weight is 283 g/mol. The number of anilines is 2. The van der Waals surface area contributed by atoms with Gasteiger partial charge < -0.3 is 20.7 Å². The van der Waals surface area contributed by atoms with E-state index in [0.29, 0.717) is 11.7 Å². The van der Waals surface area contributed by atoms with Crippen LogP contribution < -0.4 is 15.8 Å². The van der Waals surface area contributed by atoms with Gasteiger partial charge in [-0.05, 0) is 40.3 Å². The van der Waals surface area contributed by atoms with E-state index in [2.05, 4.69) is 31.1 Å². The second kappa shape index (κ2) is 7.94. The summed E-state index contributed by atoms with van der Waals surface area (Å²) >= 11 is 0. The van der Waals surface area contributed by atoms with Crippen LogP contribution in [-0.2, 0) is 0 Å². The molecule has 3 N–H and O–H groups in total. The summed E-state index contributed by atoms with van der Waals surface area (Å²) in [5.41, 5.74) is 6.91. The molecule has 1 rings (SSSR count). The van der Waals surface area contributed by atoms with E-state index in [1.165, 1.54) is 13.2 Å². The quantitative estimate of drug-likeness (QED) is 0.569. The first-order valence-corrected chi connectivity index (χ1v) is 7.02. The topological polar surface area (TPSA) is 50.5 Å². The van der Waals surface area contributed by atoms with Gasteiger partial charge in [-0.25, -0.2) is 4.39 Å². The molecule has 4 nitrogen and oxygen atoms in total. The Balaban J connectivity index is 2.39. The van der Waals surface area contributed by atoms with Crippen LogP contribution in [0.3, 0.4) is 0 Å². The van der Waals surface area contributed by atoms with E-state index in [-0.39, 0.29) is 5.75 Å². The molecule has 0 unspecified atom stereocenters. The maximum absolute atomic E-state index is 13.4. The van der Waals surface area contributed by atoms with Crippen molar-refractivity contribution >= 4 is 11.4 Å². The van der Waals surface area contributed by atoms with Crippen molar-refractivity contribution in [2.45, 2.75) is 32.7 Å². The molecule has 1 aromatic carbocycles. The van der Waals surface area contributed by atoms with Crippen molar-refractivity contribution in [3.05, 3.63) is 17.9 Å². The molecule has 0 atom stereocenters. The number of nitrogens with two attached hydrogens (primary N) is 1. The number of rotatable bonds is 8. The summed E-state index contributed by atoms with van der Waals surface area (Å²) in [6.07, 6.45) is 2.15. The molecule has 0 saturated carbocycles. The van der Waals surface area contributed by atoms with Crippen LogP contribution in [0.5, 0.6) is 5.75 Å². The predicted molar refractivity (Wildman–Crippen MR) is 82.9 cm³/mol. The molecule has 5 heteroatoms. The Morgan fingerprint density at radius 1 is 1.35 bits per heavy atom. The van der Waals surface area contributed by atoms with Crippen LogP contribution in [-0.4, -0.2) is 38.2 Å². The highest BCUT2D eigenvalue weighted by molar-refractivity contribution is 5.68. The fraction of sp³-hybridized carbons (Fsp3) is 0.600. The standard InChI is InChI=1S/C15H26FN3O/c1-11(2)19(3)8-6-5-7-18-14-10-15(20-4)12(16)9-13(14)17/h9-11,18H,5-8,17H2,1-4H3. The smallest absolute Gasteiger partial charge is 0.167 e. The second-order valence-corrected chi connectivity index (χ2v) is 5.28. The molecule has 0 heterocycles. The first-order valence-electron chi connectivity index (χ1n) is 7.02. The number of nitrogens with one attached hydrogen (secondary N) is 1. The molecule has 0 spiro atoms. The number of nitrogen functional groups attached to an aromatic ring is 1. The highest BCUT2D eigenvalue weighted by Crippen LogP contribution is 2.27. The number of hydrogen-bond donors (Lipinski definition) is 2. The SMILES string of the molecule is COc1cc(NCCCCN(C)C(C)C)c(N)cc1F. The van der Waals surface area contributed by atoms with Crippen molar-refractivity contribution in [1.29, 1.82) is 0 Å². The van der Waals surface area contributed by atoms with Crippen molar-refractivity contribution in [3.63, 3.8) is 0 Å². The van der Waals surface area contributed by atoms with Crippen molar-refractivity contribution < 1.29 is 9.13 Å². The Morgan fingerprint density at radius 3 is 2.65 bits per heavy atom. The van der Waals surface area contributed by atoms with Crippen molar-refractivity contribution in [3.8, 4) is 5.75 Å². The van der Waals surface area contributed by atoms with Crippen LogP contribution in [0.15, 0.2) is 12.1 Å². The lowest BCUT2D eigenvalue weighted by Gasteiger charge is -2.20. The van der Waals surface area contributed by atoms with E-state index < -0.39 is 5.82 Å². The molecule has 0 radical (unpaired) electrons. The number of ether oxygens (including phenoxy) is 1. The third-order valence-electron chi connectivity index (χ3n) is 3.46. The van der Waals surface area contributed by atoms with Gasteiger partial charge in [-0.3, -0.25) is 0 Å². The largest absolute Gasteiger partial charge is 0.494 e. The molecular formula is C15H26FN3O. The summed E-state index contributed by atoms with van der Waals surface area (Å²) in [5.74, 6) is -0.227. The van der Waals surface area contributed by atoms with Gasteiger partial charge in [0.2, 0.25) is 0 Å². The lowest BCUT2D eigenvalue weighted by molar-refractivity contribution is 0.269. The summed E-state index contributed by atoms with van der Waals surface area (Å²) in [6.45, 7) is 6.25. The van der Waals surface area contributed by atoms with Gasteiger partial charge in [-0.2, -0.15) is 0 Å². The number of methoxy groups -OCH3 is 1. The molecule has 0 saturated heterocycles. The van der Waals surface area contributed by atoms with Gasteiger partial charge in [0.15, 0.2) is 11.6 Å². The maximum Gasteiger partial charge on any atom is 0.167 e. The third-order valence-corrected chi connectivity index (χ3v) is 3.46. The molecule has 0 bridgehead atoms. The Hall–Kier alpha value is -1.49. The van der Waals surface area contributed by atoms with Gasteiger partial charge in [0.05, 0.1) is 18.5 Å². The molecular weight excluding hydrogens is 257 g/mol. The number of benzene rings is 1. The zero-order valence-corrected chi connectivity index (χ0v) is 12.9. The molecule has 0 aromatic heterocycles. The molecule has 0 amide bonds. The van der Waals surface area contributed by atoms with Gasteiger partial charge >= 0.3 is 0 Å². The molecule has 20 heavy (non-hydrogen) atoms. The molecule has 0 aliphatic rings. The van der Waals surface area contributed by atoms with Crippen molar-refractivity contribution in [2.75, 3.05) is 38.3 Å². The van der Waals surface area contributed by atoms with Gasteiger partial charge in [0, 0.05) is 24.7 Å². The van der Waals surface area contributed by atoms with Gasteiger partial charge in [-0.15, -0.1) is 0 Å². The minimum atomic E-state index is -0.436. The normalized spacial score (nSPS) is 11.2. The number of nitrogens with zero attached hydrogens (tertiary/aromatic N) is 1. The Morgan fingerprint density at radius 2 is 2.05 bits per heavy atom. The number of unbranched alkanes of at least 4 members (excludes halogenated alkanes) is 1. The fourth-order valence-corrected chi connectivity index (χ4v) is 1.85. The summed E-state index contributed by atoms with van der Waals surface area (Å²) in [4.78, 5) is 2.31. The average Bonchev–Trinajstić information content (AvgIpc) is 2.40. The molecule has 0 fully saturated rings. The monoisotopic (exact) mass is 283 g/mol. The zero-order valence-electron chi connectivity index (χ0n) is 12.9. The van der Waals surface area contributed by atoms with Crippen molar-refractivity contribution in [1.82, 2.24) is 4.90 Å². The molecule has 114 valence electrons. The van der Waals surface area contributed by atoms with E-state index in [0.717, 1.165) is 31.6 Å². The van der Waals surface area contributed by atoms with Crippen LogP contribution >= 0.6 is 0 Å². The van der Waals surface area contributed by atoms with Gasteiger partial charge in [-0.1, -0.05) is 0 Å². The Kier molecular flexibility index (Phi) is 6.58. The Labute approximate surface area is 121 Å². The Bertz CT molecular complexity index is 424. The molecule has 1 aromatic rings. The van der Waals surface area contributed by atoms with Crippen LogP contribution in [0.1, 0.15) is 26.7 Å². The summed E-state index contributed by atoms with van der Waals surface area (Å²) in [5, 5.41) is 3.23. The van der Waals surface area contributed by atoms with Crippen LogP contribution in [0.25, 0.3) is 0 Å². The van der Waals surface area contributed by atoms with E-state index in [1.807, 2.05) is 0 Å². The van der Waals surface area contributed by atoms with E-state index in [9.17, 15) is 4.39 Å². The van der Waals surface area contributed by atoms with E-state index in [4.69, 9.17) is 10.5 Å². The second-order valence-electron chi connectivity index (χ2n) is 5.28.